The molecule has 0 saturated carbocycles. The first kappa shape index (κ1) is 9.99. The van der Waals surface area contributed by atoms with Crippen LogP contribution in [0.3, 0.4) is 0 Å². The molecule has 1 aromatic rings. The van der Waals surface area contributed by atoms with E-state index in [1.165, 1.54) is 0 Å². The smallest absolute Gasteiger partial charge is 0.126 e. The molecule has 72 valence electrons. The molecule has 2 N–H and O–H groups in total. The molecule has 1 atom stereocenters. The largest absolute Gasteiger partial charge is 0.389 e. The van der Waals surface area contributed by atoms with Gasteiger partial charge in [-0.2, -0.15) is 0 Å². The SMILES string of the molecule is CC(C)Nc1ccc(C(C)O)cn1. The molecular formula is C10H16N2O. The molecule has 0 amide bonds. The molecule has 1 rings (SSSR count). The Morgan fingerprint density at radius 1 is 1.31 bits per heavy atom. The maximum atomic E-state index is 9.24. The second kappa shape index (κ2) is 4.23. The number of aliphatic hydroxyl groups is 1. The van der Waals surface area contributed by atoms with Crippen molar-refractivity contribution >= 4 is 5.82 Å². The average molecular weight is 180 g/mol. The van der Waals surface area contributed by atoms with Crippen LogP contribution in [-0.2, 0) is 0 Å². The molecule has 1 aromatic heterocycles. The zero-order valence-corrected chi connectivity index (χ0v) is 8.28. The highest BCUT2D eigenvalue weighted by Crippen LogP contribution is 2.12. The van der Waals surface area contributed by atoms with Crippen molar-refractivity contribution in [3.63, 3.8) is 0 Å². The Hall–Kier alpha value is -1.09. The molecular weight excluding hydrogens is 164 g/mol. The lowest BCUT2D eigenvalue weighted by Gasteiger charge is -2.09. The summed E-state index contributed by atoms with van der Waals surface area (Å²) in [7, 11) is 0. The van der Waals surface area contributed by atoms with E-state index < -0.39 is 6.10 Å². The summed E-state index contributed by atoms with van der Waals surface area (Å²) in [6, 6.07) is 4.13. The Morgan fingerprint density at radius 2 is 2.00 bits per heavy atom. The Morgan fingerprint density at radius 3 is 2.38 bits per heavy atom. The normalized spacial score (nSPS) is 13.0. The van der Waals surface area contributed by atoms with Gasteiger partial charge in [0.25, 0.3) is 0 Å². The molecule has 3 nitrogen and oxygen atoms in total. The number of nitrogens with one attached hydrogen (secondary N) is 1. The molecule has 0 bridgehead atoms. The summed E-state index contributed by atoms with van der Waals surface area (Å²) >= 11 is 0. The Balaban J connectivity index is 2.70. The molecule has 0 spiro atoms. The van der Waals surface area contributed by atoms with Crippen molar-refractivity contribution in [3.05, 3.63) is 23.9 Å². The summed E-state index contributed by atoms with van der Waals surface area (Å²) < 4.78 is 0. The van der Waals surface area contributed by atoms with E-state index in [1.54, 1.807) is 13.1 Å². The summed E-state index contributed by atoms with van der Waals surface area (Å²) in [6.45, 7) is 5.85. The van der Waals surface area contributed by atoms with E-state index in [0.29, 0.717) is 6.04 Å². The first-order valence-electron chi connectivity index (χ1n) is 4.50. The number of hydrogen-bond donors (Lipinski definition) is 2. The van der Waals surface area contributed by atoms with E-state index in [1.807, 2.05) is 12.1 Å². The number of aromatic nitrogens is 1. The topological polar surface area (TPSA) is 45.1 Å². The van der Waals surface area contributed by atoms with Crippen LogP contribution >= 0.6 is 0 Å². The minimum atomic E-state index is -0.444. The first-order valence-corrected chi connectivity index (χ1v) is 4.50. The van der Waals surface area contributed by atoms with Gasteiger partial charge < -0.3 is 10.4 Å². The van der Waals surface area contributed by atoms with Crippen LogP contribution in [0, 0.1) is 0 Å². The summed E-state index contributed by atoms with van der Waals surface area (Å²) in [5.41, 5.74) is 0.842. The van der Waals surface area contributed by atoms with Gasteiger partial charge >= 0.3 is 0 Å². The molecule has 0 saturated heterocycles. The van der Waals surface area contributed by atoms with Gasteiger partial charge in [-0.15, -0.1) is 0 Å². The second-order valence-corrected chi connectivity index (χ2v) is 3.45. The van der Waals surface area contributed by atoms with E-state index in [-0.39, 0.29) is 0 Å². The van der Waals surface area contributed by atoms with Gasteiger partial charge in [-0.1, -0.05) is 6.07 Å². The molecule has 13 heavy (non-hydrogen) atoms. The maximum absolute atomic E-state index is 9.24. The van der Waals surface area contributed by atoms with E-state index in [9.17, 15) is 5.11 Å². The third kappa shape index (κ3) is 3.03. The van der Waals surface area contributed by atoms with Crippen LogP contribution in [0.25, 0.3) is 0 Å². The second-order valence-electron chi connectivity index (χ2n) is 3.45. The monoisotopic (exact) mass is 180 g/mol. The highest BCUT2D eigenvalue weighted by atomic mass is 16.3. The number of nitrogens with zero attached hydrogens (tertiary/aromatic N) is 1. The lowest BCUT2D eigenvalue weighted by Crippen LogP contribution is -2.10. The van der Waals surface area contributed by atoms with E-state index in [2.05, 4.69) is 24.1 Å². The molecule has 0 radical (unpaired) electrons. The zero-order chi connectivity index (χ0) is 9.84. The van der Waals surface area contributed by atoms with Crippen molar-refractivity contribution in [1.82, 2.24) is 4.98 Å². The minimum absolute atomic E-state index is 0.380. The van der Waals surface area contributed by atoms with Crippen molar-refractivity contribution in [2.75, 3.05) is 5.32 Å². The fourth-order valence-electron chi connectivity index (χ4n) is 1.03. The van der Waals surface area contributed by atoms with Crippen molar-refractivity contribution < 1.29 is 5.11 Å². The summed E-state index contributed by atoms with van der Waals surface area (Å²) in [4.78, 5) is 4.17. The average Bonchev–Trinajstić information content (AvgIpc) is 2.04. The third-order valence-electron chi connectivity index (χ3n) is 1.71. The standard InChI is InChI=1S/C10H16N2O/c1-7(2)12-10-5-4-9(6-11-10)8(3)13/h4-8,13H,1-3H3,(H,11,12). The van der Waals surface area contributed by atoms with Gasteiger partial charge in [0.15, 0.2) is 0 Å². The number of pyridine rings is 1. The molecule has 0 aliphatic heterocycles. The summed E-state index contributed by atoms with van der Waals surface area (Å²) in [6.07, 6.45) is 1.25. The Labute approximate surface area is 78.8 Å². The highest BCUT2D eigenvalue weighted by Gasteiger charge is 2.01. The van der Waals surface area contributed by atoms with Crippen LogP contribution in [0.4, 0.5) is 5.82 Å². The van der Waals surface area contributed by atoms with E-state index >= 15 is 0 Å². The Bertz CT molecular complexity index is 254. The summed E-state index contributed by atoms with van der Waals surface area (Å²) in [5, 5.41) is 12.4. The minimum Gasteiger partial charge on any atom is -0.389 e. The third-order valence-corrected chi connectivity index (χ3v) is 1.71. The molecule has 0 fully saturated rings. The maximum Gasteiger partial charge on any atom is 0.126 e. The molecule has 0 aliphatic carbocycles. The van der Waals surface area contributed by atoms with Crippen molar-refractivity contribution in [2.24, 2.45) is 0 Å². The van der Waals surface area contributed by atoms with Gasteiger partial charge in [-0.3, -0.25) is 0 Å². The van der Waals surface area contributed by atoms with Crippen molar-refractivity contribution in [1.29, 1.82) is 0 Å². The van der Waals surface area contributed by atoms with Crippen LogP contribution in [0.15, 0.2) is 18.3 Å². The number of anilines is 1. The van der Waals surface area contributed by atoms with Crippen LogP contribution in [0.5, 0.6) is 0 Å². The van der Waals surface area contributed by atoms with Crippen molar-refractivity contribution in [2.45, 2.75) is 32.9 Å². The predicted molar refractivity (Wildman–Crippen MR) is 53.6 cm³/mol. The fraction of sp³-hybridized carbons (Fsp3) is 0.500. The van der Waals surface area contributed by atoms with Crippen LogP contribution < -0.4 is 5.32 Å². The molecule has 1 heterocycles. The van der Waals surface area contributed by atoms with E-state index in [4.69, 9.17) is 0 Å². The fourth-order valence-corrected chi connectivity index (χ4v) is 1.03. The van der Waals surface area contributed by atoms with Gasteiger partial charge in [0.05, 0.1) is 6.10 Å². The molecule has 0 aromatic carbocycles. The van der Waals surface area contributed by atoms with Gasteiger partial charge in [0.2, 0.25) is 0 Å². The zero-order valence-electron chi connectivity index (χ0n) is 8.28. The quantitative estimate of drug-likeness (QED) is 0.747. The highest BCUT2D eigenvalue weighted by molar-refractivity contribution is 5.36. The lowest BCUT2D eigenvalue weighted by molar-refractivity contribution is 0.199. The predicted octanol–water partition coefficient (Wildman–Crippen LogP) is 1.96. The Kier molecular flexibility index (Phi) is 3.25. The number of rotatable bonds is 3. The summed E-state index contributed by atoms with van der Waals surface area (Å²) in [5.74, 6) is 0.847. The van der Waals surface area contributed by atoms with Crippen LogP contribution in [0.2, 0.25) is 0 Å². The first-order chi connectivity index (χ1) is 6.09. The number of aliphatic hydroxyl groups excluding tert-OH is 1. The van der Waals surface area contributed by atoms with Crippen LogP contribution in [-0.4, -0.2) is 16.1 Å². The van der Waals surface area contributed by atoms with E-state index in [0.717, 1.165) is 11.4 Å². The van der Waals surface area contributed by atoms with Crippen molar-refractivity contribution in [3.8, 4) is 0 Å². The van der Waals surface area contributed by atoms with Gasteiger partial charge in [-0.25, -0.2) is 4.98 Å². The molecule has 1 unspecified atom stereocenters. The van der Waals surface area contributed by atoms with Crippen LogP contribution in [0.1, 0.15) is 32.4 Å². The molecule has 0 aliphatic rings. The molecule has 3 heteroatoms. The van der Waals surface area contributed by atoms with Gasteiger partial charge in [0.1, 0.15) is 5.82 Å². The lowest BCUT2D eigenvalue weighted by atomic mass is 10.2. The van der Waals surface area contributed by atoms with Gasteiger partial charge in [-0.05, 0) is 32.4 Å². The number of hydrogen-bond acceptors (Lipinski definition) is 3. The van der Waals surface area contributed by atoms with Gasteiger partial charge in [0, 0.05) is 12.2 Å².